The molecule has 1 aromatic carbocycles. The van der Waals surface area contributed by atoms with E-state index in [0.29, 0.717) is 6.61 Å². The van der Waals surface area contributed by atoms with Crippen molar-refractivity contribution in [1.29, 1.82) is 0 Å². The van der Waals surface area contributed by atoms with Gasteiger partial charge in [-0.25, -0.2) is 4.79 Å². The summed E-state index contributed by atoms with van der Waals surface area (Å²) in [4.78, 5) is 10.8. The second-order valence-electron chi connectivity index (χ2n) is 4.29. The molecular formula is C15H21NO4. The molecule has 0 unspecified atom stereocenters. The summed E-state index contributed by atoms with van der Waals surface area (Å²) in [6.45, 7) is 4.09. The summed E-state index contributed by atoms with van der Waals surface area (Å²) in [6, 6.07) is 7.58. The van der Waals surface area contributed by atoms with Crippen LogP contribution in [0.4, 0.5) is 4.79 Å². The Hall–Kier alpha value is -2.01. The molecule has 0 aromatic heterocycles. The Kier molecular flexibility index (Phi) is 6.59. The highest BCUT2D eigenvalue weighted by molar-refractivity contribution is 5.65. The van der Waals surface area contributed by atoms with Crippen molar-refractivity contribution in [3.63, 3.8) is 0 Å². The van der Waals surface area contributed by atoms with Crippen LogP contribution in [-0.2, 0) is 16.1 Å². The number of hydrogen-bond donors (Lipinski definition) is 1. The van der Waals surface area contributed by atoms with Crippen molar-refractivity contribution >= 4 is 6.09 Å². The molecule has 0 heterocycles. The van der Waals surface area contributed by atoms with Crippen LogP contribution in [-0.4, -0.2) is 25.4 Å². The molecule has 5 nitrogen and oxygen atoms in total. The number of hydrogen-bond acceptors (Lipinski definition) is 4. The van der Waals surface area contributed by atoms with E-state index in [9.17, 15) is 4.79 Å². The van der Waals surface area contributed by atoms with Gasteiger partial charge in [-0.3, -0.25) is 0 Å². The number of benzene rings is 1. The second-order valence-corrected chi connectivity index (χ2v) is 4.29. The van der Waals surface area contributed by atoms with Gasteiger partial charge in [-0.2, -0.15) is 0 Å². The number of ether oxygens (including phenoxy) is 3. The number of amides is 1. The van der Waals surface area contributed by atoms with E-state index >= 15 is 0 Å². The molecule has 5 heteroatoms. The first-order chi connectivity index (χ1) is 9.56. The highest BCUT2D eigenvalue weighted by Gasteiger charge is 2.18. The van der Waals surface area contributed by atoms with Crippen LogP contribution in [0.3, 0.4) is 0 Å². The zero-order valence-electron chi connectivity index (χ0n) is 12.0. The van der Waals surface area contributed by atoms with Crippen LogP contribution < -0.4 is 10.5 Å². The van der Waals surface area contributed by atoms with Gasteiger partial charge in [0.15, 0.2) is 0 Å². The third-order valence-corrected chi connectivity index (χ3v) is 2.77. The third-order valence-electron chi connectivity index (χ3n) is 2.77. The highest BCUT2D eigenvalue weighted by Crippen LogP contribution is 2.14. The van der Waals surface area contributed by atoms with Crippen LogP contribution in [0.15, 0.2) is 36.4 Å². The highest BCUT2D eigenvalue weighted by atomic mass is 16.6. The molecule has 0 fully saturated rings. The fourth-order valence-corrected chi connectivity index (χ4v) is 1.66. The Morgan fingerprint density at radius 2 is 2.00 bits per heavy atom. The number of methoxy groups -OCH3 is 1. The Labute approximate surface area is 119 Å². The molecule has 0 spiro atoms. The summed E-state index contributed by atoms with van der Waals surface area (Å²) in [5.41, 5.74) is 6.05. The van der Waals surface area contributed by atoms with Crippen molar-refractivity contribution < 1.29 is 19.0 Å². The summed E-state index contributed by atoms with van der Waals surface area (Å²) >= 11 is 0. The zero-order valence-corrected chi connectivity index (χ0v) is 12.0. The lowest BCUT2D eigenvalue weighted by Gasteiger charge is -2.21. The van der Waals surface area contributed by atoms with Gasteiger partial charge in [-0.1, -0.05) is 18.2 Å². The van der Waals surface area contributed by atoms with E-state index in [1.54, 1.807) is 19.3 Å². The molecule has 0 bridgehead atoms. The molecule has 20 heavy (non-hydrogen) atoms. The number of primary amides is 1. The molecule has 1 rings (SSSR count). The molecule has 0 radical (unpaired) electrons. The van der Waals surface area contributed by atoms with Gasteiger partial charge in [-0.15, -0.1) is 0 Å². The van der Waals surface area contributed by atoms with Gasteiger partial charge >= 0.3 is 6.09 Å². The van der Waals surface area contributed by atoms with Crippen LogP contribution in [0.25, 0.3) is 0 Å². The molecule has 0 aliphatic rings. The van der Waals surface area contributed by atoms with Crippen LogP contribution in [0.5, 0.6) is 5.75 Å². The largest absolute Gasteiger partial charge is 0.497 e. The predicted molar refractivity (Wildman–Crippen MR) is 76.5 cm³/mol. The number of rotatable bonds is 7. The average Bonchev–Trinajstić information content (AvgIpc) is 2.44. The van der Waals surface area contributed by atoms with Gasteiger partial charge in [-0.05, 0) is 37.6 Å². The van der Waals surface area contributed by atoms with E-state index in [-0.39, 0.29) is 6.10 Å². The van der Waals surface area contributed by atoms with E-state index in [4.69, 9.17) is 19.9 Å². The second kappa shape index (κ2) is 8.22. The minimum absolute atomic E-state index is 0.291. The molecule has 1 amide bonds. The van der Waals surface area contributed by atoms with Gasteiger partial charge in [0.25, 0.3) is 0 Å². The van der Waals surface area contributed by atoms with E-state index in [2.05, 4.69) is 0 Å². The van der Waals surface area contributed by atoms with Gasteiger partial charge in [0.05, 0.1) is 19.8 Å². The summed E-state index contributed by atoms with van der Waals surface area (Å²) in [6.07, 6.45) is 1.94. The smallest absolute Gasteiger partial charge is 0.405 e. The van der Waals surface area contributed by atoms with Crippen LogP contribution in [0.1, 0.15) is 19.4 Å². The summed E-state index contributed by atoms with van der Waals surface area (Å²) in [7, 11) is 1.62. The molecule has 0 aliphatic heterocycles. The van der Waals surface area contributed by atoms with Crippen molar-refractivity contribution in [3.8, 4) is 5.75 Å². The zero-order chi connectivity index (χ0) is 15.0. The monoisotopic (exact) mass is 279 g/mol. The molecule has 2 N–H and O–H groups in total. The standard InChI is InChI=1S/C15H21NO4/c1-4-5-14(20-15(16)17)11(2)19-10-12-6-8-13(18-3)9-7-12/h4-9,11,14H,10H2,1-3H3,(H2,16,17)/b5-4+/t11-,14+/m0/s1. The lowest BCUT2D eigenvalue weighted by atomic mass is 10.2. The SMILES string of the molecule is C/C=C/[C@@H](OC(N)=O)[C@H](C)OCc1ccc(OC)cc1. The van der Waals surface area contributed by atoms with Crippen molar-refractivity contribution in [2.75, 3.05) is 7.11 Å². The Morgan fingerprint density at radius 1 is 1.35 bits per heavy atom. The molecule has 0 aliphatic carbocycles. The van der Waals surface area contributed by atoms with E-state index in [1.165, 1.54) is 0 Å². The average molecular weight is 279 g/mol. The van der Waals surface area contributed by atoms with Crippen LogP contribution in [0.2, 0.25) is 0 Å². The molecule has 0 saturated heterocycles. The lowest BCUT2D eigenvalue weighted by Crippen LogP contribution is -2.31. The fraction of sp³-hybridized carbons (Fsp3) is 0.400. The molecule has 110 valence electrons. The van der Waals surface area contributed by atoms with Gasteiger partial charge < -0.3 is 19.9 Å². The maximum absolute atomic E-state index is 10.8. The number of allylic oxidation sites excluding steroid dienone is 1. The molecule has 2 atom stereocenters. The van der Waals surface area contributed by atoms with Gasteiger partial charge in [0.1, 0.15) is 11.9 Å². The third kappa shape index (κ3) is 5.32. The summed E-state index contributed by atoms with van der Waals surface area (Å²) < 4.78 is 15.8. The Bertz CT molecular complexity index is 442. The van der Waals surface area contributed by atoms with Crippen molar-refractivity contribution in [2.45, 2.75) is 32.7 Å². The molecular weight excluding hydrogens is 258 g/mol. The van der Waals surface area contributed by atoms with Gasteiger partial charge in [0.2, 0.25) is 0 Å². The lowest BCUT2D eigenvalue weighted by molar-refractivity contribution is -0.0210. The first-order valence-corrected chi connectivity index (χ1v) is 6.40. The van der Waals surface area contributed by atoms with E-state index < -0.39 is 12.2 Å². The van der Waals surface area contributed by atoms with Crippen molar-refractivity contribution in [3.05, 3.63) is 42.0 Å². The first-order valence-electron chi connectivity index (χ1n) is 6.40. The van der Waals surface area contributed by atoms with E-state index in [0.717, 1.165) is 11.3 Å². The summed E-state index contributed by atoms with van der Waals surface area (Å²) in [5.74, 6) is 0.797. The van der Waals surface area contributed by atoms with Crippen LogP contribution >= 0.6 is 0 Å². The number of carbonyl (C=O) groups is 1. The van der Waals surface area contributed by atoms with E-state index in [1.807, 2.05) is 38.1 Å². The number of nitrogens with two attached hydrogens (primary N) is 1. The fourth-order valence-electron chi connectivity index (χ4n) is 1.66. The summed E-state index contributed by atoms with van der Waals surface area (Å²) in [5, 5.41) is 0. The minimum atomic E-state index is -0.812. The minimum Gasteiger partial charge on any atom is -0.497 e. The topological polar surface area (TPSA) is 70.8 Å². The Balaban J connectivity index is 2.54. The quantitative estimate of drug-likeness (QED) is 0.779. The predicted octanol–water partition coefficient (Wildman–Crippen LogP) is 2.64. The number of carbonyl (C=O) groups excluding carboxylic acids is 1. The normalized spacial score (nSPS) is 13.9. The maximum atomic E-state index is 10.8. The molecule has 1 aromatic rings. The van der Waals surface area contributed by atoms with Crippen LogP contribution in [0, 0.1) is 0 Å². The first kappa shape index (κ1) is 16.0. The maximum Gasteiger partial charge on any atom is 0.405 e. The van der Waals surface area contributed by atoms with Crippen molar-refractivity contribution in [2.24, 2.45) is 5.73 Å². The van der Waals surface area contributed by atoms with Gasteiger partial charge in [0, 0.05) is 0 Å². The molecule has 0 saturated carbocycles. The van der Waals surface area contributed by atoms with Crippen molar-refractivity contribution in [1.82, 2.24) is 0 Å². The Morgan fingerprint density at radius 3 is 2.50 bits per heavy atom.